The van der Waals surface area contributed by atoms with Crippen molar-refractivity contribution in [1.82, 2.24) is 10.6 Å². The van der Waals surface area contributed by atoms with E-state index in [4.69, 9.17) is 11.6 Å². The predicted octanol–water partition coefficient (Wildman–Crippen LogP) is 1.83. The van der Waals surface area contributed by atoms with Crippen molar-refractivity contribution in [3.05, 3.63) is 34.9 Å². The zero-order valence-electron chi connectivity index (χ0n) is 10.7. The summed E-state index contributed by atoms with van der Waals surface area (Å²) in [5.41, 5.74) is 1.18. The number of likely N-dealkylation sites (N-methyl/N-ethyl adjacent to an activating group) is 1. The van der Waals surface area contributed by atoms with Crippen LogP contribution < -0.4 is 10.6 Å². The first-order chi connectivity index (χ1) is 9.11. The standard InChI is InChI=1S/C13H17ClN2O2S/c1-15-13(18)8-16-12(17)6-7-19-9-10-2-4-11(14)5-3-10/h2-5H,6-9H2,1H3,(H,15,18)(H,16,17). The SMILES string of the molecule is CNC(=O)CNC(=O)CCSCc1ccc(Cl)cc1. The molecule has 0 radical (unpaired) electrons. The van der Waals surface area contributed by atoms with Crippen LogP contribution in [-0.4, -0.2) is 31.2 Å². The Morgan fingerprint density at radius 3 is 2.53 bits per heavy atom. The Bertz CT molecular complexity index is 423. The van der Waals surface area contributed by atoms with Gasteiger partial charge in [-0.15, -0.1) is 0 Å². The highest BCUT2D eigenvalue weighted by molar-refractivity contribution is 7.98. The van der Waals surface area contributed by atoms with Gasteiger partial charge in [-0.05, 0) is 17.7 Å². The van der Waals surface area contributed by atoms with E-state index in [0.29, 0.717) is 6.42 Å². The lowest BCUT2D eigenvalue weighted by molar-refractivity contribution is -0.125. The number of rotatable bonds is 7. The fraction of sp³-hybridized carbons (Fsp3) is 0.385. The zero-order chi connectivity index (χ0) is 14.1. The second kappa shape index (κ2) is 8.82. The molecule has 0 saturated carbocycles. The molecule has 0 spiro atoms. The van der Waals surface area contributed by atoms with Gasteiger partial charge in [-0.3, -0.25) is 9.59 Å². The van der Waals surface area contributed by atoms with Gasteiger partial charge in [0.15, 0.2) is 0 Å². The van der Waals surface area contributed by atoms with Gasteiger partial charge >= 0.3 is 0 Å². The molecule has 1 aromatic carbocycles. The van der Waals surface area contributed by atoms with Gasteiger partial charge in [0.2, 0.25) is 11.8 Å². The molecular formula is C13H17ClN2O2S. The lowest BCUT2D eigenvalue weighted by atomic mass is 10.2. The molecule has 104 valence electrons. The van der Waals surface area contributed by atoms with Crippen molar-refractivity contribution in [3.63, 3.8) is 0 Å². The third-order valence-electron chi connectivity index (χ3n) is 2.38. The third-order valence-corrected chi connectivity index (χ3v) is 3.66. The van der Waals surface area contributed by atoms with E-state index in [0.717, 1.165) is 16.5 Å². The van der Waals surface area contributed by atoms with E-state index in [2.05, 4.69) is 10.6 Å². The molecule has 6 heteroatoms. The Labute approximate surface area is 122 Å². The minimum atomic E-state index is -0.192. The van der Waals surface area contributed by atoms with Gasteiger partial charge in [-0.2, -0.15) is 11.8 Å². The molecule has 0 aromatic heterocycles. The van der Waals surface area contributed by atoms with Crippen LogP contribution in [0.25, 0.3) is 0 Å². The van der Waals surface area contributed by atoms with Crippen molar-refractivity contribution in [2.45, 2.75) is 12.2 Å². The maximum Gasteiger partial charge on any atom is 0.239 e. The molecule has 4 nitrogen and oxygen atoms in total. The number of nitrogens with one attached hydrogen (secondary N) is 2. The minimum absolute atomic E-state index is 0.0389. The smallest absolute Gasteiger partial charge is 0.239 e. The molecule has 0 aliphatic rings. The largest absolute Gasteiger partial charge is 0.358 e. The van der Waals surface area contributed by atoms with Gasteiger partial charge in [0.25, 0.3) is 0 Å². The second-order valence-electron chi connectivity index (χ2n) is 3.88. The van der Waals surface area contributed by atoms with Crippen molar-refractivity contribution < 1.29 is 9.59 Å². The summed E-state index contributed by atoms with van der Waals surface area (Å²) < 4.78 is 0. The molecule has 0 unspecified atom stereocenters. The van der Waals surface area contributed by atoms with E-state index in [9.17, 15) is 9.59 Å². The Morgan fingerprint density at radius 1 is 1.21 bits per heavy atom. The first kappa shape index (κ1) is 15.9. The molecule has 0 aliphatic heterocycles. The minimum Gasteiger partial charge on any atom is -0.358 e. The zero-order valence-corrected chi connectivity index (χ0v) is 12.3. The molecule has 19 heavy (non-hydrogen) atoms. The number of amides is 2. The average molecular weight is 301 g/mol. The summed E-state index contributed by atoms with van der Waals surface area (Å²) in [5, 5.41) is 5.73. The summed E-state index contributed by atoms with van der Waals surface area (Å²) >= 11 is 7.47. The molecule has 0 atom stereocenters. The van der Waals surface area contributed by atoms with Crippen LogP contribution >= 0.6 is 23.4 Å². The highest BCUT2D eigenvalue weighted by Crippen LogP contribution is 2.15. The first-order valence-corrected chi connectivity index (χ1v) is 7.44. The fourth-order valence-corrected chi connectivity index (χ4v) is 2.32. The van der Waals surface area contributed by atoms with E-state index in [1.54, 1.807) is 11.8 Å². The molecular weight excluding hydrogens is 284 g/mol. The highest BCUT2D eigenvalue weighted by Gasteiger charge is 2.03. The van der Waals surface area contributed by atoms with Crippen LogP contribution in [0.3, 0.4) is 0 Å². The molecule has 0 saturated heterocycles. The quantitative estimate of drug-likeness (QED) is 0.755. The Hall–Kier alpha value is -1.20. The topological polar surface area (TPSA) is 58.2 Å². The number of hydrogen-bond acceptors (Lipinski definition) is 3. The number of halogens is 1. The maximum absolute atomic E-state index is 11.4. The molecule has 0 aliphatic carbocycles. The van der Waals surface area contributed by atoms with Crippen LogP contribution in [0.1, 0.15) is 12.0 Å². The number of thioether (sulfide) groups is 1. The van der Waals surface area contributed by atoms with Crippen molar-refractivity contribution in [3.8, 4) is 0 Å². The number of carbonyl (C=O) groups excluding carboxylic acids is 2. The van der Waals surface area contributed by atoms with E-state index in [-0.39, 0.29) is 18.4 Å². The van der Waals surface area contributed by atoms with Crippen molar-refractivity contribution in [1.29, 1.82) is 0 Å². The van der Waals surface area contributed by atoms with E-state index < -0.39 is 0 Å². The molecule has 2 N–H and O–H groups in total. The van der Waals surface area contributed by atoms with Crippen LogP contribution in [0.2, 0.25) is 5.02 Å². The van der Waals surface area contributed by atoms with Crippen molar-refractivity contribution >= 4 is 35.2 Å². The number of hydrogen-bond donors (Lipinski definition) is 2. The van der Waals surface area contributed by atoms with E-state index in [1.165, 1.54) is 12.6 Å². The summed E-state index contributed by atoms with van der Waals surface area (Å²) in [6, 6.07) is 7.66. The van der Waals surface area contributed by atoms with Gasteiger partial charge < -0.3 is 10.6 Å². The lowest BCUT2D eigenvalue weighted by Crippen LogP contribution is -2.35. The summed E-state index contributed by atoms with van der Waals surface area (Å²) in [7, 11) is 1.54. The van der Waals surface area contributed by atoms with Gasteiger partial charge in [0.05, 0.1) is 6.54 Å². The number of carbonyl (C=O) groups is 2. The van der Waals surface area contributed by atoms with E-state index in [1.807, 2.05) is 24.3 Å². The Morgan fingerprint density at radius 2 is 1.89 bits per heavy atom. The average Bonchev–Trinajstić information content (AvgIpc) is 2.42. The van der Waals surface area contributed by atoms with Crippen LogP contribution in [0.15, 0.2) is 24.3 Å². The van der Waals surface area contributed by atoms with Gasteiger partial charge in [0, 0.05) is 30.0 Å². The van der Waals surface area contributed by atoms with Crippen molar-refractivity contribution in [2.75, 3.05) is 19.3 Å². The molecule has 0 bridgehead atoms. The third kappa shape index (κ3) is 7.08. The summed E-state index contributed by atoms with van der Waals surface area (Å²) in [6.07, 6.45) is 0.412. The molecule has 1 aromatic rings. The first-order valence-electron chi connectivity index (χ1n) is 5.91. The molecule has 1 rings (SSSR count). The highest BCUT2D eigenvalue weighted by atomic mass is 35.5. The normalized spacial score (nSPS) is 10.0. The van der Waals surface area contributed by atoms with Crippen LogP contribution in [0, 0.1) is 0 Å². The van der Waals surface area contributed by atoms with Gasteiger partial charge in [-0.1, -0.05) is 23.7 Å². The van der Waals surface area contributed by atoms with Crippen LogP contribution in [0.4, 0.5) is 0 Å². The summed E-state index contributed by atoms with van der Waals surface area (Å²) in [6.45, 7) is 0.0389. The molecule has 2 amide bonds. The Kier molecular flexibility index (Phi) is 7.36. The lowest BCUT2D eigenvalue weighted by Gasteiger charge is -2.04. The summed E-state index contributed by atoms with van der Waals surface area (Å²) in [5.74, 6) is 1.27. The second-order valence-corrected chi connectivity index (χ2v) is 5.42. The van der Waals surface area contributed by atoms with Gasteiger partial charge in [-0.25, -0.2) is 0 Å². The summed E-state index contributed by atoms with van der Waals surface area (Å²) in [4.78, 5) is 22.3. The van der Waals surface area contributed by atoms with Crippen molar-refractivity contribution in [2.24, 2.45) is 0 Å². The fourth-order valence-electron chi connectivity index (χ4n) is 1.29. The monoisotopic (exact) mass is 300 g/mol. The Balaban J connectivity index is 2.11. The van der Waals surface area contributed by atoms with Gasteiger partial charge in [0.1, 0.15) is 0 Å². The maximum atomic E-state index is 11.4. The molecule has 0 fully saturated rings. The van der Waals surface area contributed by atoms with Crippen LogP contribution in [0.5, 0.6) is 0 Å². The van der Waals surface area contributed by atoms with Crippen LogP contribution in [-0.2, 0) is 15.3 Å². The number of benzene rings is 1. The van der Waals surface area contributed by atoms with E-state index >= 15 is 0 Å². The molecule has 0 heterocycles. The predicted molar refractivity (Wildman–Crippen MR) is 79.3 cm³/mol.